The Morgan fingerprint density at radius 3 is 2.23 bits per heavy atom. The SMILES string of the molecule is CCCCCCCCCc1ccccc1OP(O)(=S)S.O.[Mo]. The van der Waals surface area contributed by atoms with Gasteiger partial charge in [-0.05, 0) is 36.3 Å². The zero-order valence-corrected chi connectivity index (χ0v) is 17.6. The summed E-state index contributed by atoms with van der Waals surface area (Å²) in [6.07, 6.45) is 9.98. The maximum atomic E-state index is 9.56. The average Bonchev–Trinajstić information content (AvgIpc) is 2.38. The zero-order valence-electron chi connectivity index (χ0n) is 13.0. The largest absolute Gasteiger partial charge is 0.436 e. The molecule has 0 aromatic heterocycles. The van der Waals surface area contributed by atoms with Crippen molar-refractivity contribution in [3.05, 3.63) is 29.8 Å². The van der Waals surface area contributed by atoms with Gasteiger partial charge in [-0.3, -0.25) is 0 Å². The monoisotopic (exact) mass is 448 g/mol. The number of aryl methyl sites for hydroxylation is 1. The summed E-state index contributed by atoms with van der Waals surface area (Å²) in [5.41, 5.74) is -1.83. The number of thiol groups is 1. The molecule has 0 saturated heterocycles. The van der Waals surface area contributed by atoms with Gasteiger partial charge in [0.2, 0.25) is 0 Å². The molecule has 0 aliphatic carbocycles. The van der Waals surface area contributed by atoms with Crippen LogP contribution >= 0.6 is 17.9 Å². The smallest absolute Gasteiger partial charge is 0.291 e. The number of hydrogen-bond acceptors (Lipinski definition) is 2. The van der Waals surface area contributed by atoms with E-state index >= 15 is 0 Å². The van der Waals surface area contributed by atoms with Crippen LogP contribution in [0.5, 0.6) is 5.75 Å². The molecule has 1 unspecified atom stereocenters. The van der Waals surface area contributed by atoms with E-state index in [4.69, 9.17) is 16.3 Å². The van der Waals surface area contributed by atoms with Crippen molar-refractivity contribution in [3.8, 4) is 5.75 Å². The Morgan fingerprint density at radius 2 is 1.64 bits per heavy atom. The summed E-state index contributed by atoms with van der Waals surface area (Å²) in [7, 11) is 0. The first-order valence-electron chi connectivity index (χ1n) is 7.36. The molecule has 3 N–H and O–H groups in total. The Kier molecular flexibility index (Phi) is 15.8. The predicted octanol–water partition coefficient (Wildman–Crippen LogP) is 4.68. The number of para-hydroxylation sites is 1. The fraction of sp³-hybridized carbons (Fsp3) is 0.600. The van der Waals surface area contributed by atoms with E-state index in [0.29, 0.717) is 5.75 Å². The van der Waals surface area contributed by atoms with Gasteiger partial charge in [0, 0.05) is 21.1 Å². The Morgan fingerprint density at radius 1 is 1.09 bits per heavy atom. The molecule has 0 aliphatic heterocycles. The van der Waals surface area contributed by atoms with Crippen LogP contribution in [0.2, 0.25) is 0 Å². The van der Waals surface area contributed by atoms with Crippen LogP contribution in [0.15, 0.2) is 24.3 Å². The first kappa shape index (κ1) is 24.9. The van der Waals surface area contributed by atoms with Crippen molar-refractivity contribution >= 4 is 29.7 Å². The summed E-state index contributed by atoms with van der Waals surface area (Å²) >= 11 is 8.76. The van der Waals surface area contributed by atoms with E-state index in [9.17, 15) is 4.89 Å². The molecule has 22 heavy (non-hydrogen) atoms. The number of rotatable bonds is 10. The average molecular weight is 446 g/mol. The predicted molar refractivity (Wildman–Crippen MR) is 97.9 cm³/mol. The van der Waals surface area contributed by atoms with Crippen LogP contribution in [0.25, 0.3) is 0 Å². The molecule has 0 amide bonds. The van der Waals surface area contributed by atoms with E-state index in [0.717, 1.165) is 18.4 Å². The molecule has 128 valence electrons. The van der Waals surface area contributed by atoms with Gasteiger partial charge >= 0.3 is 0 Å². The summed E-state index contributed by atoms with van der Waals surface area (Å²) in [6.45, 7) is 2.24. The molecular formula is C15H27MoO3PS2. The third kappa shape index (κ3) is 12.1. The normalized spacial score (nSPS) is 12.7. The van der Waals surface area contributed by atoms with Crippen LogP contribution in [0, 0.1) is 0 Å². The van der Waals surface area contributed by atoms with E-state index in [2.05, 4.69) is 19.2 Å². The first-order chi connectivity index (χ1) is 9.53. The van der Waals surface area contributed by atoms with E-state index < -0.39 is 5.69 Å². The van der Waals surface area contributed by atoms with Gasteiger partial charge in [0.25, 0.3) is 5.69 Å². The van der Waals surface area contributed by atoms with Gasteiger partial charge < -0.3 is 14.9 Å². The summed E-state index contributed by atoms with van der Waals surface area (Å²) < 4.78 is 5.39. The first-order valence-corrected chi connectivity index (χ1v) is 11.2. The minimum Gasteiger partial charge on any atom is -0.436 e. The van der Waals surface area contributed by atoms with E-state index in [1.165, 1.54) is 38.5 Å². The molecule has 3 nitrogen and oxygen atoms in total. The van der Waals surface area contributed by atoms with Crippen molar-refractivity contribution in [3.63, 3.8) is 0 Å². The zero-order chi connectivity index (χ0) is 14.8. The molecule has 0 heterocycles. The molecule has 7 heteroatoms. The van der Waals surface area contributed by atoms with Gasteiger partial charge in [0.15, 0.2) is 0 Å². The minimum atomic E-state index is -2.94. The summed E-state index contributed by atoms with van der Waals surface area (Å²) in [4.78, 5) is 9.56. The fourth-order valence-corrected chi connectivity index (χ4v) is 3.14. The minimum absolute atomic E-state index is 0. The van der Waals surface area contributed by atoms with E-state index in [-0.39, 0.29) is 26.5 Å². The third-order valence-corrected chi connectivity index (χ3v) is 4.14. The molecule has 1 aromatic rings. The standard InChI is InChI=1S/C15H25O2PS2.Mo.H2O/c1-2-3-4-5-6-7-8-11-14-12-9-10-13-15(14)17-18(16,19)20;;/h9-10,12-13H,2-8,11H2,1H3,(H2,16,19,20);;1H2. The second kappa shape index (κ2) is 14.0. The van der Waals surface area contributed by atoms with E-state index in [1.807, 2.05) is 24.3 Å². The summed E-state index contributed by atoms with van der Waals surface area (Å²) in [6, 6.07) is 7.76. The molecule has 1 rings (SSSR count). The van der Waals surface area contributed by atoms with Crippen molar-refractivity contribution in [2.45, 2.75) is 58.3 Å². The topological polar surface area (TPSA) is 61.0 Å². The molecule has 0 aliphatic rings. The maximum Gasteiger partial charge on any atom is 0.291 e. The fourth-order valence-electron chi connectivity index (χ4n) is 2.20. The quantitative estimate of drug-likeness (QED) is 0.238. The Hall–Kier alpha value is 0.628. The maximum absolute atomic E-state index is 9.56. The number of benzene rings is 1. The molecule has 0 bridgehead atoms. The van der Waals surface area contributed by atoms with Crippen LogP contribution < -0.4 is 4.52 Å². The van der Waals surface area contributed by atoms with Crippen LogP contribution in [-0.4, -0.2) is 10.4 Å². The van der Waals surface area contributed by atoms with E-state index in [1.54, 1.807) is 0 Å². The molecular weight excluding hydrogens is 419 g/mol. The molecule has 0 fully saturated rings. The van der Waals surface area contributed by atoms with Crippen molar-refractivity contribution in [1.29, 1.82) is 0 Å². The Labute approximate surface area is 159 Å². The molecule has 0 spiro atoms. The van der Waals surface area contributed by atoms with Gasteiger partial charge in [0.1, 0.15) is 5.75 Å². The van der Waals surface area contributed by atoms with Gasteiger partial charge in [-0.2, -0.15) is 0 Å². The van der Waals surface area contributed by atoms with Crippen LogP contribution in [-0.2, 0) is 39.3 Å². The summed E-state index contributed by atoms with van der Waals surface area (Å²) in [5.74, 6) is 0.680. The number of hydrogen-bond donors (Lipinski definition) is 2. The van der Waals surface area contributed by atoms with Crippen molar-refractivity contribution in [1.82, 2.24) is 0 Å². The second-order valence-corrected chi connectivity index (χ2v) is 10.1. The van der Waals surface area contributed by atoms with Gasteiger partial charge in [-0.1, -0.05) is 75.9 Å². The van der Waals surface area contributed by atoms with Gasteiger partial charge in [-0.15, -0.1) is 0 Å². The van der Waals surface area contributed by atoms with Gasteiger partial charge in [-0.25, -0.2) is 0 Å². The number of unbranched alkanes of at least 4 members (excludes halogenated alkanes) is 6. The Balaban J connectivity index is 0. The molecule has 0 radical (unpaired) electrons. The van der Waals surface area contributed by atoms with Gasteiger partial charge in [0.05, 0.1) is 0 Å². The molecule has 0 saturated carbocycles. The van der Waals surface area contributed by atoms with Crippen molar-refractivity contribution < 1.29 is 36.0 Å². The van der Waals surface area contributed by atoms with Crippen LogP contribution in [0.1, 0.15) is 57.4 Å². The van der Waals surface area contributed by atoms with Crippen LogP contribution in [0.4, 0.5) is 0 Å². The van der Waals surface area contributed by atoms with Crippen molar-refractivity contribution in [2.75, 3.05) is 0 Å². The second-order valence-electron chi connectivity index (χ2n) is 5.06. The Bertz CT molecular complexity index is 441. The van der Waals surface area contributed by atoms with Crippen LogP contribution in [0.3, 0.4) is 0 Å². The summed E-state index contributed by atoms with van der Waals surface area (Å²) in [5, 5.41) is 0. The molecule has 1 atom stereocenters. The molecule has 1 aromatic carbocycles. The van der Waals surface area contributed by atoms with Crippen molar-refractivity contribution in [2.24, 2.45) is 0 Å². The third-order valence-electron chi connectivity index (χ3n) is 3.24.